The Hall–Kier alpha value is -4.48. The van der Waals surface area contributed by atoms with E-state index < -0.39 is 23.3 Å². The summed E-state index contributed by atoms with van der Waals surface area (Å²) < 4.78 is 55.1. The first kappa shape index (κ1) is 36.8. The second kappa shape index (κ2) is 16.0. The Morgan fingerprint density at radius 2 is 1.86 bits per heavy atom. The molecular formula is C33H45F3N10O4. The van der Waals surface area contributed by atoms with Crippen LogP contribution in [-0.2, 0) is 10.9 Å². The smallest absolute Gasteiger partial charge is 0.434 e. The second-order valence-electron chi connectivity index (χ2n) is 12.6. The Morgan fingerprint density at radius 3 is 2.54 bits per heavy atom. The molecule has 5 rings (SSSR count). The minimum atomic E-state index is -4.93. The van der Waals surface area contributed by atoms with Crippen molar-refractivity contribution >= 4 is 28.9 Å². The number of amides is 2. The van der Waals surface area contributed by atoms with Crippen molar-refractivity contribution in [2.75, 3.05) is 102 Å². The van der Waals surface area contributed by atoms with Gasteiger partial charge in [-0.1, -0.05) is 5.21 Å². The van der Waals surface area contributed by atoms with E-state index in [4.69, 9.17) is 9.47 Å². The topological polar surface area (TPSA) is 133 Å². The second-order valence-corrected chi connectivity index (χ2v) is 12.6. The Bertz CT molecular complexity index is 1640. The fourth-order valence-corrected chi connectivity index (χ4v) is 5.85. The standard InChI is InChI=1S/C33H45F3N10O4/c1-6-50-32-28(42(3)4)19-24(29(39-32)33(34,35)36)30(47)38-25-18-23(8-9-27(25)45-13-12-43(5)22(2)20-45)46-21-26(40-41-46)31(48)37-10-7-11-44-14-16-49-17-15-44/h8-9,18-19,21-22H,6-7,10-17,20H2,1-5H3,(H,37,48)(H,38,47)/t22-/m1/s1. The number of likely N-dealkylation sites (N-methyl/N-ethyl adjacent to an activating group) is 1. The number of rotatable bonds is 12. The summed E-state index contributed by atoms with van der Waals surface area (Å²) in [7, 11) is 5.28. The molecule has 0 radical (unpaired) electrons. The molecule has 4 heterocycles. The van der Waals surface area contributed by atoms with Gasteiger partial charge in [0.1, 0.15) is 5.69 Å². The summed E-state index contributed by atoms with van der Waals surface area (Å²) in [4.78, 5) is 38.5. The van der Waals surface area contributed by atoms with Crippen LogP contribution in [0.15, 0.2) is 30.5 Å². The summed E-state index contributed by atoms with van der Waals surface area (Å²) in [5.74, 6) is -1.60. The molecule has 2 saturated heterocycles. The highest BCUT2D eigenvalue weighted by Crippen LogP contribution is 2.38. The fourth-order valence-electron chi connectivity index (χ4n) is 5.85. The quantitative estimate of drug-likeness (QED) is 0.270. The lowest BCUT2D eigenvalue weighted by atomic mass is 10.1. The van der Waals surface area contributed by atoms with Crippen molar-refractivity contribution in [3.8, 4) is 11.6 Å². The Morgan fingerprint density at radius 1 is 1.10 bits per heavy atom. The van der Waals surface area contributed by atoms with E-state index in [1.165, 1.54) is 15.8 Å². The number of aromatic nitrogens is 4. The number of carbonyl (C=O) groups is 2. The van der Waals surface area contributed by atoms with Gasteiger partial charge in [-0.15, -0.1) is 5.10 Å². The molecule has 1 aromatic carbocycles. The summed E-state index contributed by atoms with van der Waals surface area (Å²) in [5, 5.41) is 13.8. The predicted octanol–water partition coefficient (Wildman–Crippen LogP) is 2.99. The highest BCUT2D eigenvalue weighted by atomic mass is 19.4. The zero-order chi connectivity index (χ0) is 36.0. The zero-order valence-corrected chi connectivity index (χ0v) is 29.1. The molecule has 2 aliphatic heterocycles. The van der Waals surface area contributed by atoms with Gasteiger partial charge in [0, 0.05) is 59.4 Å². The molecule has 17 heteroatoms. The molecule has 50 heavy (non-hydrogen) atoms. The first-order chi connectivity index (χ1) is 23.8. The number of hydrogen-bond donors (Lipinski definition) is 2. The van der Waals surface area contributed by atoms with Gasteiger partial charge in [0.05, 0.1) is 48.6 Å². The lowest BCUT2D eigenvalue weighted by molar-refractivity contribution is -0.141. The molecule has 2 aromatic heterocycles. The number of anilines is 3. The molecule has 0 aliphatic carbocycles. The Kier molecular flexibility index (Phi) is 11.8. The van der Waals surface area contributed by atoms with Crippen LogP contribution in [0.5, 0.6) is 5.88 Å². The summed E-state index contributed by atoms with van der Waals surface area (Å²) in [6.07, 6.45) is -2.69. The van der Waals surface area contributed by atoms with Crippen LogP contribution in [0.2, 0.25) is 0 Å². The minimum absolute atomic E-state index is 0.0941. The van der Waals surface area contributed by atoms with E-state index in [1.807, 2.05) is 7.05 Å². The van der Waals surface area contributed by atoms with Crippen LogP contribution in [0.4, 0.5) is 30.2 Å². The van der Waals surface area contributed by atoms with Gasteiger partial charge in [0.25, 0.3) is 11.8 Å². The number of benzene rings is 1. The van der Waals surface area contributed by atoms with Gasteiger partial charge < -0.3 is 34.8 Å². The summed E-state index contributed by atoms with van der Waals surface area (Å²) in [6.45, 7) is 10.3. The van der Waals surface area contributed by atoms with Gasteiger partial charge in [-0.2, -0.15) is 13.2 Å². The van der Waals surface area contributed by atoms with E-state index in [-0.39, 0.29) is 41.5 Å². The summed E-state index contributed by atoms with van der Waals surface area (Å²) in [5.41, 5.74) is -0.345. The summed E-state index contributed by atoms with van der Waals surface area (Å²) in [6, 6.07) is 6.48. The summed E-state index contributed by atoms with van der Waals surface area (Å²) >= 11 is 0. The number of hydrogen-bond acceptors (Lipinski definition) is 11. The van der Waals surface area contributed by atoms with E-state index in [0.29, 0.717) is 44.2 Å². The van der Waals surface area contributed by atoms with E-state index in [0.717, 1.165) is 38.7 Å². The maximum absolute atomic E-state index is 14.3. The Balaban J connectivity index is 1.41. The number of piperazine rings is 1. The number of morpholine rings is 1. The number of alkyl halides is 3. The van der Waals surface area contributed by atoms with Crippen molar-refractivity contribution in [1.29, 1.82) is 0 Å². The number of nitrogens with one attached hydrogen (secondary N) is 2. The first-order valence-corrected chi connectivity index (χ1v) is 16.7. The molecule has 2 amide bonds. The van der Waals surface area contributed by atoms with Crippen LogP contribution in [0, 0.1) is 0 Å². The molecule has 2 aliphatic rings. The third-order valence-corrected chi connectivity index (χ3v) is 8.80. The molecular weight excluding hydrogens is 657 g/mol. The van der Waals surface area contributed by atoms with Crippen molar-refractivity contribution < 1.29 is 32.2 Å². The first-order valence-electron chi connectivity index (χ1n) is 16.7. The maximum Gasteiger partial charge on any atom is 0.434 e. The Labute approximate surface area is 289 Å². The van der Waals surface area contributed by atoms with Crippen LogP contribution in [0.1, 0.15) is 46.8 Å². The van der Waals surface area contributed by atoms with Gasteiger partial charge in [0.2, 0.25) is 5.88 Å². The van der Waals surface area contributed by atoms with Crippen LogP contribution in [0.3, 0.4) is 0 Å². The van der Waals surface area contributed by atoms with Crippen molar-refractivity contribution in [2.45, 2.75) is 32.5 Å². The normalized spacial score (nSPS) is 17.4. The molecule has 3 aromatic rings. The van der Waals surface area contributed by atoms with Gasteiger partial charge in [-0.05, 0) is 58.1 Å². The molecule has 0 saturated carbocycles. The number of nitrogens with zero attached hydrogens (tertiary/aromatic N) is 8. The van der Waals surface area contributed by atoms with E-state index in [1.54, 1.807) is 39.2 Å². The third kappa shape index (κ3) is 8.81. The van der Waals surface area contributed by atoms with Crippen LogP contribution in [-0.4, -0.2) is 134 Å². The number of carbonyl (C=O) groups excluding carboxylic acids is 2. The van der Waals surface area contributed by atoms with Gasteiger partial charge in [-0.25, -0.2) is 9.67 Å². The lowest BCUT2D eigenvalue weighted by Crippen LogP contribution is -2.50. The largest absolute Gasteiger partial charge is 0.476 e. The van der Waals surface area contributed by atoms with Crippen molar-refractivity contribution in [1.82, 2.24) is 35.1 Å². The molecule has 14 nitrogen and oxygen atoms in total. The number of pyridine rings is 1. The maximum atomic E-state index is 14.3. The fraction of sp³-hybridized carbons (Fsp3) is 0.545. The molecule has 2 N–H and O–H groups in total. The highest BCUT2D eigenvalue weighted by molar-refractivity contribution is 6.07. The van der Waals surface area contributed by atoms with Gasteiger partial charge in [-0.3, -0.25) is 14.5 Å². The van der Waals surface area contributed by atoms with E-state index >= 15 is 0 Å². The molecule has 0 spiro atoms. The molecule has 0 unspecified atom stereocenters. The number of halogens is 3. The predicted molar refractivity (Wildman–Crippen MR) is 183 cm³/mol. The van der Waals surface area contributed by atoms with Crippen molar-refractivity contribution in [2.24, 2.45) is 0 Å². The average molecular weight is 703 g/mol. The van der Waals surface area contributed by atoms with E-state index in [9.17, 15) is 22.8 Å². The van der Waals surface area contributed by atoms with Gasteiger partial charge >= 0.3 is 6.18 Å². The number of ether oxygens (including phenoxy) is 2. The zero-order valence-electron chi connectivity index (χ0n) is 29.1. The van der Waals surface area contributed by atoms with Crippen molar-refractivity contribution in [3.63, 3.8) is 0 Å². The highest BCUT2D eigenvalue weighted by Gasteiger charge is 2.39. The monoisotopic (exact) mass is 702 g/mol. The molecule has 272 valence electrons. The SMILES string of the molecule is CCOc1nc(C(F)(F)F)c(C(=O)Nc2cc(-n3cc(C(=O)NCCCN4CCOCC4)nn3)ccc2N2CCN(C)[C@H](C)C2)cc1N(C)C. The van der Waals surface area contributed by atoms with Gasteiger partial charge in [0.15, 0.2) is 11.4 Å². The molecule has 0 bridgehead atoms. The van der Waals surface area contributed by atoms with Crippen LogP contribution in [0.25, 0.3) is 5.69 Å². The molecule has 1 atom stereocenters. The molecule has 2 fully saturated rings. The third-order valence-electron chi connectivity index (χ3n) is 8.80. The van der Waals surface area contributed by atoms with E-state index in [2.05, 4.69) is 47.6 Å². The minimum Gasteiger partial charge on any atom is -0.476 e. The van der Waals surface area contributed by atoms with Crippen LogP contribution >= 0.6 is 0 Å². The van der Waals surface area contributed by atoms with Crippen LogP contribution < -0.4 is 25.2 Å². The average Bonchev–Trinajstić information content (AvgIpc) is 3.58. The van der Waals surface area contributed by atoms with Crippen molar-refractivity contribution in [3.05, 3.63) is 47.4 Å². The lowest BCUT2D eigenvalue weighted by Gasteiger charge is -2.39.